The lowest BCUT2D eigenvalue weighted by molar-refractivity contribution is -0.115. The Morgan fingerprint density at radius 3 is 2.63 bits per heavy atom. The first-order valence-electron chi connectivity index (χ1n) is 8.35. The Bertz CT molecular complexity index is 902. The number of para-hydroxylation sites is 2. The zero-order chi connectivity index (χ0) is 19.1. The number of anilines is 1. The number of methoxy groups -OCH3 is 1. The Labute approximate surface area is 170 Å². The van der Waals surface area contributed by atoms with E-state index in [4.69, 9.17) is 4.74 Å². The lowest BCUT2D eigenvalue weighted by atomic mass is 10.3. The van der Waals surface area contributed by atoms with Crippen LogP contribution in [0, 0.1) is 0 Å². The fourth-order valence-electron chi connectivity index (χ4n) is 2.46. The number of hydrogen-bond acceptors (Lipinski definition) is 5. The van der Waals surface area contributed by atoms with E-state index in [0.29, 0.717) is 18.8 Å². The highest BCUT2D eigenvalue weighted by molar-refractivity contribution is 9.10. The van der Waals surface area contributed by atoms with E-state index in [2.05, 4.69) is 31.4 Å². The van der Waals surface area contributed by atoms with Gasteiger partial charge in [-0.1, -0.05) is 42.1 Å². The number of aromatic nitrogens is 3. The summed E-state index contributed by atoms with van der Waals surface area (Å²) in [6.07, 6.45) is 0.368. The van der Waals surface area contributed by atoms with E-state index >= 15 is 0 Å². The van der Waals surface area contributed by atoms with Crippen molar-refractivity contribution in [2.24, 2.45) is 0 Å². The van der Waals surface area contributed by atoms with Gasteiger partial charge < -0.3 is 10.1 Å². The minimum absolute atomic E-state index is 0.0442. The van der Waals surface area contributed by atoms with E-state index in [1.807, 2.05) is 59.2 Å². The number of nitrogens with zero attached hydrogens (tertiary/aromatic N) is 3. The lowest BCUT2D eigenvalue weighted by Gasteiger charge is -2.10. The van der Waals surface area contributed by atoms with Crippen molar-refractivity contribution in [2.45, 2.75) is 18.2 Å². The van der Waals surface area contributed by atoms with Gasteiger partial charge in [-0.15, -0.1) is 10.2 Å². The Hall–Kier alpha value is -2.16. The Morgan fingerprint density at radius 2 is 1.89 bits per heavy atom. The van der Waals surface area contributed by atoms with Crippen LogP contribution >= 0.6 is 27.7 Å². The second-order valence-corrected chi connectivity index (χ2v) is 7.55. The number of amides is 1. The number of halogens is 1. The van der Waals surface area contributed by atoms with Gasteiger partial charge in [-0.2, -0.15) is 0 Å². The second-order valence-electron chi connectivity index (χ2n) is 5.63. The predicted molar refractivity (Wildman–Crippen MR) is 110 cm³/mol. The second kappa shape index (κ2) is 9.68. The largest absolute Gasteiger partial charge is 0.377 e. The molecule has 0 aliphatic carbocycles. The highest BCUT2D eigenvalue weighted by Crippen LogP contribution is 2.24. The summed E-state index contributed by atoms with van der Waals surface area (Å²) in [6.45, 7) is 0.366. The van der Waals surface area contributed by atoms with E-state index in [-0.39, 0.29) is 5.91 Å². The summed E-state index contributed by atoms with van der Waals surface area (Å²) in [7, 11) is 1.63. The molecule has 0 radical (unpaired) electrons. The molecule has 6 nitrogen and oxygen atoms in total. The molecule has 1 heterocycles. The Kier molecular flexibility index (Phi) is 7.03. The van der Waals surface area contributed by atoms with Gasteiger partial charge in [0.25, 0.3) is 0 Å². The number of hydrogen-bond donors (Lipinski definition) is 1. The van der Waals surface area contributed by atoms with Gasteiger partial charge in [0.2, 0.25) is 5.91 Å². The van der Waals surface area contributed by atoms with Crippen molar-refractivity contribution in [1.29, 1.82) is 0 Å². The van der Waals surface area contributed by atoms with Gasteiger partial charge in [0, 0.05) is 29.4 Å². The van der Waals surface area contributed by atoms with Gasteiger partial charge in [0.05, 0.1) is 5.69 Å². The molecule has 1 amide bonds. The molecule has 0 spiro atoms. The van der Waals surface area contributed by atoms with Gasteiger partial charge in [0.1, 0.15) is 6.61 Å². The van der Waals surface area contributed by atoms with Crippen molar-refractivity contribution in [3.05, 3.63) is 64.9 Å². The lowest BCUT2D eigenvalue weighted by Crippen LogP contribution is -2.12. The monoisotopic (exact) mass is 446 g/mol. The van der Waals surface area contributed by atoms with Gasteiger partial charge in [-0.3, -0.25) is 9.36 Å². The minimum atomic E-state index is -0.0442. The smallest absolute Gasteiger partial charge is 0.225 e. The number of carbonyl (C=O) groups excluding carboxylic acids is 1. The molecule has 1 aromatic heterocycles. The highest BCUT2D eigenvalue weighted by Gasteiger charge is 2.15. The average Bonchev–Trinajstić information content (AvgIpc) is 3.07. The molecular formula is C19H19BrN4O2S. The van der Waals surface area contributed by atoms with Crippen LogP contribution in [0.3, 0.4) is 0 Å². The molecule has 0 aliphatic heterocycles. The van der Waals surface area contributed by atoms with Crippen molar-refractivity contribution in [2.75, 3.05) is 18.2 Å². The summed E-state index contributed by atoms with van der Waals surface area (Å²) in [4.78, 5) is 12.2. The highest BCUT2D eigenvalue weighted by atomic mass is 79.9. The molecule has 0 unspecified atom stereocenters. The summed E-state index contributed by atoms with van der Waals surface area (Å²) in [5, 5.41) is 12.1. The summed E-state index contributed by atoms with van der Waals surface area (Å²) in [6, 6.07) is 17.4. The SMILES string of the molecule is COCc1nnc(SCCC(=O)Nc2ccccc2Br)n1-c1ccccc1. The molecule has 3 aromatic rings. The third kappa shape index (κ3) is 5.18. The van der Waals surface area contributed by atoms with Crippen LogP contribution in [0.1, 0.15) is 12.2 Å². The zero-order valence-corrected chi connectivity index (χ0v) is 17.2. The van der Waals surface area contributed by atoms with Crippen molar-refractivity contribution in [1.82, 2.24) is 14.8 Å². The molecule has 1 N–H and O–H groups in total. The van der Waals surface area contributed by atoms with E-state index in [1.54, 1.807) is 7.11 Å². The van der Waals surface area contributed by atoms with E-state index in [9.17, 15) is 4.79 Å². The van der Waals surface area contributed by atoms with Crippen LogP contribution in [-0.4, -0.2) is 33.5 Å². The van der Waals surface area contributed by atoms with Gasteiger partial charge in [-0.25, -0.2) is 0 Å². The van der Waals surface area contributed by atoms with Crippen LogP contribution in [0.2, 0.25) is 0 Å². The van der Waals surface area contributed by atoms with Crippen molar-refractivity contribution >= 4 is 39.3 Å². The van der Waals surface area contributed by atoms with Crippen LogP contribution in [0.5, 0.6) is 0 Å². The van der Waals surface area contributed by atoms with Crippen molar-refractivity contribution < 1.29 is 9.53 Å². The topological polar surface area (TPSA) is 69.0 Å². The Balaban J connectivity index is 1.64. The molecule has 0 fully saturated rings. The fraction of sp³-hybridized carbons (Fsp3) is 0.211. The van der Waals surface area contributed by atoms with E-state index in [0.717, 1.165) is 26.8 Å². The molecule has 27 heavy (non-hydrogen) atoms. The zero-order valence-electron chi connectivity index (χ0n) is 14.8. The van der Waals surface area contributed by atoms with Crippen LogP contribution in [0.15, 0.2) is 64.2 Å². The van der Waals surface area contributed by atoms with Crippen molar-refractivity contribution in [3.8, 4) is 5.69 Å². The Morgan fingerprint density at radius 1 is 1.15 bits per heavy atom. The number of carbonyl (C=O) groups is 1. The van der Waals surface area contributed by atoms with Crippen LogP contribution in [-0.2, 0) is 16.1 Å². The number of rotatable bonds is 8. The molecule has 0 atom stereocenters. The molecule has 140 valence electrons. The first kappa shape index (κ1) is 19.6. The van der Waals surface area contributed by atoms with Gasteiger partial charge in [0.15, 0.2) is 11.0 Å². The predicted octanol–water partition coefficient (Wildman–Crippen LogP) is 4.30. The van der Waals surface area contributed by atoms with E-state index in [1.165, 1.54) is 11.8 Å². The molecule has 8 heteroatoms. The molecule has 3 rings (SSSR count). The molecule has 0 aliphatic rings. The van der Waals surface area contributed by atoms with Crippen LogP contribution in [0.4, 0.5) is 5.69 Å². The maximum atomic E-state index is 12.2. The maximum absolute atomic E-state index is 12.2. The number of nitrogens with one attached hydrogen (secondary N) is 1. The third-order valence-corrected chi connectivity index (χ3v) is 5.32. The van der Waals surface area contributed by atoms with Gasteiger partial charge >= 0.3 is 0 Å². The first-order chi connectivity index (χ1) is 13.2. The molecule has 2 aromatic carbocycles. The summed E-state index contributed by atoms with van der Waals surface area (Å²) in [5.41, 5.74) is 1.73. The van der Waals surface area contributed by atoms with Gasteiger partial charge in [-0.05, 0) is 40.2 Å². The number of ether oxygens (including phenoxy) is 1. The fourth-order valence-corrected chi connectivity index (χ4v) is 3.76. The third-order valence-electron chi connectivity index (χ3n) is 3.70. The first-order valence-corrected chi connectivity index (χ1v) is 10.1. The molecule has 0 saturated heterocycles. The number of benzene rings is 2. The van der Waals surface area contributed by atoms with Crippen LogP contribution in [0.25, 0.3) is 5.69 Å². The average molecular weight is 447 g/mol. The molecular weight excluding hydrogens is 428 g/mol. The normalized spacial score (nSPS) is 10.7. The quantitative estimate of drug-likeness (QED) is 0.522. The van der Waals surface area contributed by atoms with Crippen LogP contribution < -0.4 is 5.32 Å². The maximum Gasteiger partial charge on any atom is 0.225 e. The van der Waals surface area contributed by atoms with E-state index < -0.39 is 0 Å². The summed E-state index contributed by atoms with van der Waals surface area (Å²) in [5.74, 6) is 1.27. The number of thioether (sulfide) groups is 1. The summed E-state index contributed by atoms with van der Waals surface area (Å²) < 4.78 is 8.04. The summed E-state index contributed by atoms with van der Waals surface area (Å²) >= 11 is 4.92. The van der Waals surface area contributed by atoms with Crippen molar-refractivity contribution in [3.63, 3.8) is 0 Å². The minimum Gasteiger partial charge on any atom is -0.377 e. The molecule has 0 bridgehead atoms. The molecule has 0 saturated carbocycles. The standard InChI is InChI=1S/C19H19BrN4O2S/c1-26-13-17-22-23-19(24(17)14-7-3-2-4-8-14)27-12-11-18(25)21-16-10-6-5-9-15(16)20/h2-10H,11-13H2,1H3,(H,21,25).